The van der Waals surface area contributed by atoms with Crippen molar-refractivity contribution in [2.24, 2.45) is 4.99 Å². The van der Waals surface area contributed by atoms with Gasteiger partial charge in [-0.25, -0.2) is 14.4 Å². The molecule has 1 heterocycles. The Morgan fingerprint density at radius 3 is 2.61 bits per heavy atom. The molecule has 2 aromatic carbocycles. The normalized spacial score (nSPS) is 11.3. The standard InChI is InChI=1S/C21H26FN5.HI/c1-3-23-21(25-15-17-9-11-18(22)12-10-17)24-13-6-14-27-16(2)26-19-7-4-5-8-20(19)27;/h4-5,7-12H,3,6,13-15H2,1-2H3,(H2,23,24,25);1H. The van der Waals surface area contributed by atoms with Crippen LogP contribution >= 0.6 is 24.0 Å². The number of fused-ring (bicyclic) bond motifs is 1. The summed E-state index contributed by atoms with van der Waals surface area (Å²) in [5, 5.41) is 6.61. The third-order valence-electron chi connectivity index (χ3n) is 4.37. The highest BCUT2D eigenvalue weighted by Crippen LogP contribution is 2.15. The van der Waals surface area contributed by atoms with E-state index in [0.29, 0.717) is 6.54 Å². The molecule has 0 aliphatic rings. The Bertz CT molecular complexity index is 905. The van der Waals surface area contributed by atoms with E-state index in [1.54, 1.807) is 12.1 Å². The maximum atomic E-state index is 13.0. The van der Waals surface area contributed by atoms with Gasteiger partial charge < -0.3 is 15.2 Å². The van der Waals surface area contributed by atoms with Gasteiger partial charge in [-0.3, -0.25) is 0 Å². The van der Waals surface area contributed by atoms with E-state index in [4.69, 9.17) is 0 Å². The van der Waals surface area contributed by atoms with Crippen molar-refractivity contribution < 1.29 is 4.39 Å². The van der Waals surface area contributed by atoms with Crippen molar-refractivity contribution in [1.29, 1.82) is 0 Å². The second-order valence-electron chi connectivity index (χ2n) is 6.40. The van der Waals surface area contributed by atoms with Gasteiger partial charge in [0.1, 0.15) is 11.6 Å². The molecule has 3 aromatic rings. The van der Waals surface area contributed by atoms with E-state index in [2.05, 4.69) is 31.2 Å². The van der Waals surface area contributed by atoms with Gasteiger partial charge in [-0.2, -0.15) is 0 Å². The number of nitrogens with zero attached hydrogens (tertiary/aromatic N) is 3. The number of hydrogen-bond donors (Lipinski definition) is 2. The summed E-state index contributed by atoms with van der Waals surface area (Å²) < 4.78 is 15.2. The van der Waals surface area contributed by atoms with Gasteiger partial charge in [0.15, 0.2) is 5.96 Å². The molecule has 0 saturated carbocycles. The minimum absolute atomic E-state index is 0. The zero-order valence-electron chi connectivity index (χ0n) is 16.3. The van der Waals surface area contributed by atoms with Crippen molar-refractivity contribution in [2.75, 3.05) is 13.1 Å². The van der Waals surface area contributed by atoms with Gasteiger partial charge in [0.05, 0.1) is 17.6 Å². The molecular weight excluding hydrogens is 468 g/mol. The Morgan fingerprint density at radius 2 is 1.86 bits per heavy atom. The molecule has 150 valence electrons. The first kappa shape index (κ1) is 22.1. The summed E-state index contributed by atoms with van der Waals surface area (Å²) in [7, 11) is 0. The summed E-state index contributed by atoms with van der Waals surface area (Å²) in [6.07, 6.45) is 0.960. The smallest absolute Gasteiger partial charge is 0.191 e. The zero-order valence-corrected chi connectivity index (χ0v) is 18.6. The van der Waals surface area contributed by atoms with Gasteiger partial charge >= 0.3 is 0 Å². The number of guanidine groups is 1. The highest BCUT2D eigenvalue weighted by atomic mass is 127. The molecule has 0 aliphatic carbocycles. The molecule has 0 amide bonds. The van der Waals surface area contributed by atoms with Crippen LogP contribution < -0.4 is 10.6 Å². The van der Waals surface area contributed by atoms with Crippen LogP contribution in [0.15, 0.2) is 53.5 Å². The van der Waals surface area contributed by atoms with Gasteiger partial charge in [0.2, 0.25) is 0 Å². The molecule has 1 aromatic heterocycles. The fourth-order valence-corrected chi connectivity index (χ4v) is 3.02. The lowest BCUT2D eigenvalue weighted by Crippen LogP contribution is -2.38. The Labute approximate surface area is 182 Å². The average Bonchev–Trinajstić information content (AvgIpc) is 2.99. The maximum absolute atomic E-state index is 13.0. The van der Waals surface area contributed by atoms with E-state index < -0.39 is 0 Å². The Kier molecular flexibility index (Phi) is 8.69. The Morgan fingerprint density at radius 1 is 1.11 bits per heavy atom. The summed E-state index contributed by atoms with van der Waals surface area (Å²) in [5.41, 5.74) is 3.19. The van der Waals surface area contributed by atoms with Crippen LogP contribution in [0.2, 0.25) is 0 Å². The van der Waals surface area contributed by atoms with Crippen LogP contribution in [0, 0.1) is 12.7 Å². The first-order valence-electron chi connectivity index (χ1n) is 9.36. The molecule has 3 rings (SSSR count). The van der Waals surface area contributed by atoms with E-state index >= 15 is 0 Å². The molecule has 0 bridgehead atoms. The van der Waals surface area contributed by atoms with Gasteiger partial charge in [-0.1, -0.05) is 24.3 Å². The molecule has 0 aliphatic heterocycles. The fraction of sp³-hybridized carbons (Fsp3) is 0.333. The molecule has 0 saturated heterocycles. The Balaban J connectivity index is 0.00000280. The van der Waals surface area contributed by atoms with Crippen molar-refractivity contribution in [2.45, 2.75) is 33.4 Å². The minimum atomic E-state index is -0.227. The molecule has 0 unspecified atom stereocenters. The second kappa shape index (κ2) is 11.0. The molecule has 0 spiro atoms. The van der Waals surface area contributed by atoms with E-state index in [1.807, 2.05) is 32.0 Å². The number of imidazole rings is 1. The van der Waals surface area contributed by atoms with E-state index in [1.165, 1.54) is 17.6 Å². The first-order valence-corrected chi connectivity index (χ1v) is 9.36. The summed E-state index contributed by atoms with van der Waals surface area (Å²) >= 11 is 0. The number of rotatable bonds is 7. The third-order valence-corrected chi connectivity index (χ3v) is 4.37. The summed E-state index contributed by atoms with van der Waals surface area (Å²) in [6.45, 7) is 7.09. The molecule has 5 nitrogen and oxygen atoms in total. The minimum Gasteiger partial charge on any atom is -0.357 e. The van der Waals surface area contributed by atoms with Crippen LogP contribution in [-0.2, 0) is 13.1 Å². The summed E-state index contributed by atoms with van der Waals surface area (Å²) in [4.78, 5) is 9.17. The van der Waals surface area contributed by atoms with Crippen LogP contribution in [0.3, 0.4) is 0 Å². The highest BCUT2D eigenvalue weighted by molar-refractivity contribution is 14.0. The molecule has 2 N–H and O–H groups in total. The van der Waals surface area contributed by atoms with Crippen LogP contribution in [-0.4, -0.2) is 28.6 Å². The largest absolute Gasteiger partial charge is 0.357 e. The van der Waals surface area contributed by atoms with Crippen LogP contribution in [0.1, 0.15) is 24.7 Å². The molecular formula is C21H27FIN5. The number of para-hydroxylation sites is 2. The van der Waals surface area contributed by atoms with E-state index in [-0.39, 0.29) is 29.8 Å². The predicted molar refractivity (Wildman–Crippen MR) is 124 cm³/mol. The molecule has 7 heteroatoms. The lowest BCUT2D eigenvalue weighted by Gasteiger charge is -2.12. The van der Waals surface area contributed by atoms with Gasteiger partial charge in [-0.05, 0) is 50.1 Å². The van der Waals surface area contributed by atoms with Gasteiger partial charge in [0.25, 0.3) is 0 Å². The van der Waals surface area contributed by atoms with Crippen molar-refractivity contribution in [3.63, 3.8) is 0 Å². The fourth-order valence-electron chi connectivity index (χ4n) is 3.02. The SMILES string of the molecule is CCNC(=NCc1ccc(F)cc1)NCCCn1c(C)nc2ccccc21.I. The maximum Gasteiger partial charge on any atom is 0.191 e. The predicted octanol–water partition coefficient (Wildman–Crippen LogP) is 4.25. The number of aliphatic imine (C=N–C) groups is 1. The van der Waals surface area contributed by atoms with Crippen molar-refractivity contribution >= 4 is 41.0 Å². The van der Waals surface area contributed by atoms with E-state index in [0.717, 1.165) is 48.9 Å². The molecule has 0 atom stereocenters. The van der Waals surface area contributed by atoms with Crippen LogP contribution in [0.5, 0.6) is 0 Å². The van der Waals surface area contributed by atoms with Crippen molar-refractivity contribution in [1.82, 2.24) is 20.2 Å². The van der Waals surface area contributed by atoms with Crippen molar-refractivity contribution in [3.05, 3.63) is 65.7 Å². The van der Waals surface area contributed by atoms with Crippen LogP contribution in [0.25, 0.3) is 11.0 Å². The lowest BCUT2D eigenvalue weighted by atomic mass is 10.2. The number of aromatic nitrogens is 2. The average molecular weight is 495 g/mol. The van der Waals surface area contributed by atoms with Crippen LogP contribution in [0.4, 0.5) is 4.39 Å². The number of hydrogen-bond acceptors (Lipinski definition) is 2. The first-order chi connectivity index (χ1) is 13.2. The third kappa shape index (κ3) is 5.92. The number of benzene rings is 2. The van der Waals surface area contributed by atoms with Gasteiger partial charge in [-0.15, -0.1) is 24.0 Å². The molecule has 0 fully saturated rings. The highest BCUT2D eigenvalue weighted by Gasteiger charge is 2.06. The summed E-state index contributed by atoms with van der Waals surface area (Å²) in [5.74, 6) is 1.58. The van der Waals surface area contributed by atoms with Crippen molar-refractivity contribution in [3.8, 4) is 0 Å². The second-order valence-corrected chi connectivity index (χ2v) is 6.40. The summed E-state index contributed by atoms with van der Waals surface area (Å²) in [6, 6.07) is 14.7. The number of aryl methyl sites for hydroxylation is 2. The monoisotopic (exact) mass is 495 g/mol. The lowest BCUT2D eigenvalue weighted by molar-refractivity contribution is 0.624. The topological polar surface area (TPSA) is 54.2 Å². The quantitative estimate of drug-likeness (QED) is 0.223. The molecule has 0 radical (unpaired) electrons. The molecule has 28 heavy (non-hydrogen) atoms. The zero-order chi connectivity index (χ0) is 19.1. The van der Waals surface area contributed by atoms with Gasteiger partial charge in [0, 0.05) is 19.6 Å². The number of halogens is 2. The number of nitrogens with one attached hydrogen (secondary N) is 2. The van der Waals surface area contributed by atoms with E-state index in [9.17, 15) is 4.39 Å². The Hall–Kier alpha value is -2.16.